The van der Waals surface area contributed by atoms with Gasteiger partial charge in [0.15, 0.2) is 0 Å². The molecule has 1 aromatic carbocycles. The molecule has 1 aromatic rings. The van der Waals surface area contributed by atoms with E-state index in [9.17, 15) is 18.0 Å². The summed E-state index contributed by atoms with van der Waals surface area (Å²) in [5, 5.41) is 0. The van der Waals surface area contributed by atoms with Crippen molar-refractivity contribution >= 4 is 5.97 Å². The van der Waals surface area contributed by atoms with Gasteiger partial charge in [-0.15, -0.1) is 0 Å². The zero-order valence-electron chi connectivity index (χ0n) is 10.8. The molecule has 0 radical (unpaired) electrons. The first kappa shape index (κ1) is 15.5. The summed E-state index contributed by atoms with van der Waals surface area (Å²) in [7, 11) is 0. The van der Waals surface area contributed by atoms with E-state index in [1.54, 1.807) is 19.1 Å². The maximum Gasteiger partial charge on any atom is 0.460 e. The van der Waals surface area contributed by atoms with Gasteiger partial charge in [0, 0.05) is 13.1 Å². The highest BCUT2D eigenvalue weighted by Crippen LogP contribution is 2.23. The smallest absolute Gasteiger partial charge is 0.460 e. The van der Waals surface area contributed by atoms with Crippen molar-refractivity contribution in [1.82, 2.24) is 4.90 Å². The number of hydrogen-bond donors (Lipinski definition) is 0. The van der Waals surface area contributed by atoms with Gasteiger partial charge in [0.1, 0.15) is 0 Å². The second-order valence-corrected chi connectivity index (χ2v) is 3.90. The Morgan fingerprint density at radius 2 is 2.00 bits per heavy atom. The molecule has 0 heterocycles. The molecular weight excluding hydrogens is 259 g/mol. The summed E-state index contributed by atoms with van der Waals surface area (Å²) in [5.74, 6) is -0.528. The van der Waals surface area contributed by atoms with Crippen LogP contribution in [0.5, 0.6) is 0 Å². The van der Waals surface area contributed by atoms with Crippen LogP contribution >= 0.6 is 0 Å². The monoisotopic (exact) mass is 275 g/mol. The molecule has 0 atom stereocenters. The quantitative estimate of drug-likeness (QED) is 0.610. The van der Waals surface area contributed by atoms with Crippen LogP contribution in [0.15, 0.2) is 24.3 Å². The van der Waals surface area contributed by atoms with Crippen LogP contribution in [0.2, 0.25) is 0 Å². The number of ether oxygens (including phenoxy) is 1. The minimum atomic E-state index is -4.38. The summed E-state index contributed by atoms with van der Waals surface area (Å²) in [4.78, 5) is 11.9. The third-order valence-electron chi connectivity index (χ3n) is 2.55. The van der Waals surface area contributed by atoms with Gasteiger partial charge in [0.25, 0.3) is 0 Å². The van der Waals surface area contributed by atoms with Crippen LogP contribution in [0, 0.1) is 0 Å². The number of halogens is 3. The molecule has 0 aliphatic carbocycles. The molecule has 0 spiro atoms. The van der Waals surface area contributed by atoms with Crippen LogP contribution in [0.3, 0.4) is 0 Å². The molecule has 0 amide bonds. The zero-order chi connectivity index (χ0) is 14.5. The lowest BCUT2D eigenvalue weighted by molar-refractivity contribution is -0.247. The summed E-state index contributed by atoms with van der Waals surface area (Å²) in [6, 6.07) is 6.04. The summed E-state index contributed by atoms with van der Waals surface area (Å²) in [5.41, 5.74) is 0.683. The van der Waals surface area contributed by atoms with Crippen LogP contribution in [0.4, 0.5) is 13.2 Å². The minimum Gasteiger partial charge on any atom is -0.462 e. The first-order chi connectivity index (χ1) is 8.88. The maximum absolute atomic E-state index is 12.6. The highest BCUT2D eigenvalue weighted by atomic mass is 19.4. The van der Waals surface area contributed by atoms with E-state index >= 15 is 0 Å². The van der Waals surface area contributed by atoms with Gasteiger partial charge in [-0.05, 0) is 24.6 Å². The molecule has 0 saturated heterocycles. The van der Waals surface area contributed by atoms with Crippen LogP contribution in [-0.2, 0) is 11.3 Å². The third-order valence-corrected chi connectivity index (χ3v) is 2.55. The van der Waals surface area contributed by atoms with E-state index in [0.717, 1.165) is 0 Å². The van der Waals surface area contributed by atoms with Crippen molar-refractivity contribution in [1.29, 1.82) is 0 Å². The van der Waals surface area contributed by atoms with Gasteiger partial charge < -0.3 is 4.74 Å². The first-order valence-electron chi connectivity index (χ1n) is 5.96. The van der Waals surface area contributed by atoms with E-state index < -0.39 is 12.3 Å². The maximum atomic E-state index is 12.6. The van der Waals surface area contributed by atoms with Crippen molar-refractivity contribution in [3.05, 3.63) is 35.4 Å². The van der Waals surface area contributed by atoms with Gasteiger partial charge in [-0.25, -0.2) is 9.69 Å². The topological polar surface area (TPSA) is 29.5 Å². The van der Waals surface area contributed by atoms with Gasteiger partial charge in [0.05, 0.1) is 12.2 Å². The molecule has 0 unspecified atom stereocenters. The van der Waals surface area contributed by atoms with E-state index in [1.807, 2.05) is 0 Å². The normalized spacial score (nSPS) is 11.7. The highest BCUT2D eigenvalue weighted by Gasteiger charge is 2.35. The summed E-state index contributed by atoms with van der Waals surface area (Å²) >= 11 is 0. The fraction of sp³-hybridized carbons (Fsp3) is 0.462. The first-order valence-corrected chi connectivity index (χ1v) is 5.96. The van der Waals surface area contributed by atoms with Crippen molar-refractivity contribution in [2.45, 2.75) is 26.7 Å². The largest absolute Gasteiger partial charge is 0.462 e. The Labute approximate surface area is 110 Å². The van der Waals surface area contributed by atoms with E-state index in [2.05, 4.69) is 0 Å². The Hall–Kier alpha value is -1.56. The number of rotatable bonds is 5. The average Bonchev–Trinajstić information content (AvgIpc) is 2.35. The molecule has 106 valence electrons. The standard InChI is InChI=1S/C13H16F3NO2/c1-3-17(13(14,15)16)9-10-6-5-7-11(8-10)12(18)19-4-2/h5-8H,3-4,9H2,1-2H3. The van der Waals surface area contributed by atoms with Crippen LogP contribution in [0.25, 0.3) is 0 Å². The van der Waals surface area contributed by atoms with Crippen LogP contribution in [-0.4, -0.2) is 30.3 Å². The van der Waals surface area contributed by atoms with Crippen molar-refractivity contribution in [2.75, 3.05) is 13.2 Å². The number of nitrogens with zero attached hydrogens (tertiary/aromatic N) is 1. The van der Waals surface area contributed by atoms with E-state index in [-0.39, 0.29) is 25.3 Å². The molecule has 0 fully saturated rings. The van der Waals surface area contributed by atoms with Gasteiger partial charge in [-0.1, -0.05) is 19.1 Å². The lowest BCUT2D eigenvalue weighted by atomic mass is 10.1. The number of benzene rings is 1. The lowest BCUT2D eigenvalue weighted by Crippen LogP contribution is -2.37. The number of carbonyl (C=O) groups is 1. The van der Waals surface area contributed by atoms with Crippen molar-refractivity contribution < 1.29 is 22.7 Å². The molecule has 1 rings (SSSR count). The molecule has 0 aromatic heterocycles. The summed E-state index contributed by atoms with van der Waals surface area (Å²) < 4.78 is 42.7. The second kappa shape index (κ2) is 6.56. The Morgan fingerprint density at radius 3 is 2.53 bits per heavy atom. The summed E-state index contributed by atoms with van der Waals surface area (Å²) in [6.45, 7) is 2.90. The van der Waals surface area contributed by atoms with Gasteiger partial charge in [-0.2, -0.15) is 13.2 Å². The van der Waals surface area contributed by atoms with E-state index in [0.29, 0.717) is 10.5 Å². The molecule has 3 nitrogen and oxygen atoms in total. The number of hydrogen-bond acceptors (Lipinski definition) is 3. The molecule has 0 aliphatic heterocycles. The van der Waals surface area contributed by atoms with Crippen molar-refractivity contribution in [2.24, 2.45) is 0 Å². The molecule has 0 bridgehead atoms. The molecular formula is C13H16F3NO2. The predicted octanol–water partition coefficient (Wildman–Crippen LogP) is 3.21. The molecule has 0 aliphatic rings. The van der Waals surface area contributed by atoms with Crippen LogP contribution in [0.1, 0.15) is 29.8 Å². The number of esters is 1. The number of carbonyl (C=O) groups excluding carboxylic acids is 1. The molecule has 19 heavy (non-hydrogen) atoms. The van der Waals surface area contributed by atoms with E-state index in [4.69, 9.17) is 4.74 Å². The zero-order valence-corrected chi connectivity index (χ0v) is 10.8. The Kier molecular flexibility index (Phi) is 5.35. The van der Waals surface area contributed by atoms with E-state index in [1.165, 1.54) is 19.1 Å². The van der Waals surface area contributed by atoms with Gasteiger partial charge in [-0.3, -0.25) is 0 Å². The Morgan fingerprint density at radius 1 is 1.32 bits per heavy atom. The SMILES string of the molecule is CCOC(=O)c1cccc(CN(CC)C(F)(F)F)c1. The average molecular weight is 275 g/mol. The molecule has 0 N–H and O–H groups in total. The van der Waals surface area contributed by atoms with Gasteiger partial charge in [0.2, 0.25) is 0 Å². The fourth-order valence-electron chi connectivity index (χ4n) is 1.61. The van der Waals surface area contributed by atoms with Crippen molar-refractivity contribution in [3.8, 4) is 0 Å². The number of alkyl halides is 3. The lowest BCUT2D eigenvalue weighted by Gasteiger charge is -2.23. The van der Waals surface area contributed by atoms with Gasteiger partial charge >= 0.3 is 12.3 Å². The molecule has 6 heteroatoms. The minimum absolute atomic E-state index is 0.146. The summed E-state index contributed by atoms with van der Waals surface area (Å²) in [6.07, 6.45) is -4.38. The van der Waals surface area contributed by atoms with Crippen molar-refractivity contribution in [3.63, 3.8) is 0 Å². The molecule has 0 saturated carbocycles. The fourth-order valence-corrected chi connectivity index (χ4v) is 1.61. The Bertz CT molecular complexity index is 432. The Balaban J connectivity index is 2.85. The second-order valence-electron chi connectivity index (χ2n) is 3.90. The highest BCUT2D eigenvalue weighted by molar-refractivity contribution is 5.89. The third kappa shape index (κ3) is 4.55. The van der Waals surface area contributed by atoms with Crippen LogP contribution < -0.4 is 0 Å². The predicted molar refractivity (Wildman–Crippen MR) is 64.5 cm³/mol.